The zero-order valence-electron chi connectivity index (χ0n) is 11.7. The van der Waals surface area contributed by atoms with Crippen molar-refractivity contribution in [1.82, 2.24) is 10.2 Å². The summed E-state index contributed by atoms with van der Waals surface area (Å²) in [5, 5.41) is 3.38. The Kier molecular flexibility index (Phi) is 5.01. The van der Waals surface area contributed by atoms with E-state index in [0.717, 1.165) is 45.0 Å². The first kappa shape index (κ1) is 13.8. The maximum atomic E-state index is 12.4. The van der Waals surface area contributed by atoms with Gasteiger partial charge in [0.25, 0.3) is 0 Å². The molecule has 3 atom stereocenters. The van der Waals surface area contributed by atoms with E-state index in [-0.39, 0.29) is 6.04 Å². The van der Waals surface area contributed by atoms with Gasteiger partial charge in [-0.2, -0.15) is 0 Å². The van der Waals surface area contributed by atoms with Gasteiger partial charge < -0.3 is 15.0 Å². The molecule has 1 N–H and O–H groups in total. The summed E-state index contributed by atoms with van der Waals surface area (Å²) < 4.78 is 5.18. The van der Waals surface area contributed by atoms with E-state index in [0.29, 0.717) is 11.8 Å². The molecule has 4 heteroatoms. The van der Waals surface area contributed by atoms with Crippen LogP contribution in [0.15, 0.2) is 0 Å². The Bertz CT molecular complexity index is 283. The van der Waals surface area contributed by atoms with E-state index < -0.39 is 0 Å². The van der Waals surface area contributed by atoms with E-state index in [4.69, 9.17) is 4.74 Å². The predicted octanol–water partition coefficient (Wildman–Crippen LogP) is 1.26. The molecule has 0 bridgehead atoms. The number of carbonyl (C=O) groups excluding carboxylic acids is 1. The first-order valence-corrected chi connectivity index (χ1v) is 7.25. The number of carbonyl (C=O) groups is 1. The summed E-state index contributed by atoms with van der Waals surface area (Å²) in [7, 11) is 1.74. The molecule has 2 aliphatic rings. The lowest BCUT2D eigenvalue weighted by atomic mass is 9.90. The van der Waals surface area contributed by atoms with Gasteiger partial charge in [-0.3, -0.25) is 4.79 Å². The number of nitrogens with one attached hydrogen (secondary N) is 1. The van der Waals surface area contributed by atoms with Gasteiger partial charge in [0.05, 0.1) is 12.6 Å². The average molecular weight is 254 g/mol. The van der Waals surface area contributed by atoms with E-state index in [1.807, 2.05) is 4.90 Å². The minimum Gasteiger partial charge on any atom is -0.384 e. The minimum absolute atomic E-state index is 0.0602. The normalized spacial score (nSPS) is 32.8. The quantitative estimate of drug-likeness (QED) is 0.821. The highest BCUT2D eigenvalue weighted by atomic mass is 16.5. The van der Waals surface area contributed by atoms with Crippen molar-refractivity contribution in [2.24, 2.45) is 11.8 Å². The number of rotatable bonds is 4. The van der Waals surface area contributed by atoms with E-state index in [1.165, 1.54) is 12.8 Å². The van der Waals surface area contributed by atoms with Crippen molar-refractivity contribution in [2.75, 3.05) is 33.4 Å². The van der Waals surface area contributed by atoms with Crippen LogP contribution in [0, 0.1) is 11.8 Å². The third kappa shape index (κ3) is 3.23. The van der Waals surface area contributed by atoms with E-state index in [9.17, 15) is 4.79 Å². The Hall–Kier alpha value is -0.610. The molecule has 2 aliphatic heterocycles. The van der Waals surface area contributed by atoms with Gasteiger partial charge in [0.15, 0.2) is 0 Å². The topological polar surface area (TPSA) is 41.6 Å². The van der Waals surface area contributed by atoms with Crippen molar-refractivity contribution in [3.8, 4) is 0 Å². The fourth-order valence-corrected chi connectivity index (χ4v) is 3.18. The van der Waals surface area contributed by atoms with Crippen molar-refractivity contribution in [3.05, 3.63) is 0 Å². The Labute approximate surface area is 110 Å². The lowest BCUT2D eigenvalue weighted by molar-refractivity contribution is -0.133. The van der Waals surface area contributed by atoms with Crippen LogP contribution in [0.2, 0.25) is 0 Å². The number of nitrogens with zero attached hydrogens (tertiary/aromatic N) is 1. The summed E-state index contributed by atoms with van der Waals surface area (Å²) in [6, 6.07) is 0.0602. The average Bonchev–Trinajstić information content (AvgIpc) is 2.87. The van der Waals surface area contributed by atoms with Crippen molar-refractivity contribution in [3.63, 3.8) is 0 Å². The molecule has 1 amide bonds. The van der Waals surface area contributed by atoms with Gasteiger partial charge in [-0.15, -0.1) is 0 Å². The number of methoxy groups -OCH3 is 1. The molecule has 0 spiro atoms. The van der Waals surface area contributed by atoms with E-state index >= 15 is 0 Å². The molecule has 2 saturated heterocycles. The summed E-state index contributed by atoms with van der Waals surface area (Å²) in [6.45, 7) is 5.77. The second kappa shape index (κ2) is 6.53. The maximum absolute atomic E-state index is 12.4. The third-order valence-corrected chi connectivity index (χ3v) is 4.39. The molecular weight excluding hydrogens is 228 g/mol. The van der Waals surface area contributed by atoms with Gasteiger partial charge in [0, 0.05) is 26.1 Å². The van der Waals surface area contributed by atoms with Crippen LogP contribution in [0.5, 0.6) is 0 Å². The van der Waals surface area contributed by atoms with Crippen LogP contribution < -0.4 is 5.32 Å². The fraction of sp³-hybridized carbons (Fsp3) is 0.929. The molecular formula is C14H26N2O2. The van der Waals surface area contributed by atoms with Crippen LogP contribution in [-0.4, -0.2) is 50.2 Å². The Morgan fingerprint density at radius 3 is 2.94 bits per heavy atom. The monoisotopic (exact) mass is 254 g/mol. The Morgan fingerprint density at radius 2 is 2.22 bits per heavy atom. The third-order valence-electron chi connectivity index (χ3n) is 4.39. The highest BCUT2D eigenvalue weighted by Gasteiger charge is 2.33. The molecule has 0 saturated carbocycles. The van der Waals surface area contributed by atoms with Gasteiger partial charge in [0.1, 0.15) is 0 Å². The van der Waals surface area contributed by atoms with Crippen LogP contribution in [0.3, 0.4) is 0 Å². The molecule has 104 valence electrons. The lowest BCUT2D eigenvalue weighted by Gasteiger charge is -2.31. The largest absolute Gasteiger partial charge is 0.384 e. The van der Waals surface area contributed by atoms with Crippen LogP contribution >= 0.6 is 0 Å². The predicted molar refractivity (Wildman–Crippen MR) is 71.4 cm³/mol. The summed E-state index contributed by atoms with van der Waals surface area (Å²) in [6.07, 6.45) is 4.51. The van der Waals surface area contributed by atoms with Gasteiger partial charge in [-0.05, 0) is 31.7 Å². The molecule has 18 heavy (non-hydrogen) atoms. The van der Waals surface area contributed by atoms with E-state index in [1.54, 1.807) is 7.11 Å². The Balaban J connectivity index is 1.84. The molecule has 0 aromatic rings. The summed E-state index contributed by atoms with van der Waals surface area (Å²) in [4.78, 5) is 14.5. The molecule has 2 fully saturated rings. The minimum atomic E-state index is 0.0602. The molecule has 2 rings (SSSR count). The number of ether oxygens (including phenoxy) is 1. The van der Waals surface area contributed by atoms with Crippen molar-refractivity contribution in [2.45, 2.75) is 38.6 Å². The molecule has 2 heterocycles. The standard InChI is InChI=1S/C14H26N2O2/c1-3-11-4-6-15-13(8-11)14(17)16-7-5-12(9-16)10-18-2/h11-13,15H,3-10H2,1-2H3. The van der Waals surface area contributed by atoms with Crippen molar-refractivity contribution >= 4 is 5.91 Å². The number of likely N-dealkylation sites (tertiary alicyclic amines) is 1. The summed E-state index contributed by atoms with van der Waals surface area (Å²) in [5.74, 6) is 1.56. The van der Waals surface area contributed by atoms with Gasteiger partial charge in [0.2, 0.25) is 5.91 Å². The molecule has 0 radical (unpaired) electrons. The highest BCUT2D eigenvalue weighted by molar-refractivity contribution is 5.82. The van der Waals surface area contributed by atoms with Gasteiger partial charge in [-0.1, -0.05) is 13.3 Å². The Morgan fingerprint density at radius 1 is 1.39 bits per heavy atom. The maximum Gasteiger partial charge on any atom is 0.239 e. The van der Waals surface area contributed by atoms with Crippen LogP contribution in [0.4, 0.5) is 0 Å². The summed E-state index contributed by atoms with van der Waals surface area (Å²) >= 11 is 0. The van der Waals surface area contributed by atoms with Crippen molar-refractivity contribution in [1.29, 1.82) is 0 Å². The first-order valence-electron chi connectivity index (χ1n) is 7.25. The number of amides is 1. The first-order chi connectivity index (χ1) is 8.74. The summed E-state index contributed by atoms with van der Waals surface area (Å²) in [5.41, 5.74) is 0. The smallest absolute Gasteiger partial charge is 0.239 e. The zero-order valence-corrected chi connectivity index (χ0v) is 11.7. The number of hydrogen-bond donors (Lipinski definition) is 1. The second-order valence-electron chi connectivity index (χ2n) is 5.70. The number of hydrogen-bond acceptors (Lipinski definition) is 3. The van der Waals surface area contributed by atoms with Crippen LogP contribution in [0.1, 0.15) is 32.6 Å². The second-order valence-corrected chi connectivity index (χ2v) is 5.70. The van der Waals surface area contributed by atoms with Crippen LogP contribution in [0.25, 0.3) is 0 Å². The zero-order chi connectivity index (χ0) is 13.0. The molecule has 0 aromatic carbocycles. The van der Waals surface area contributed by atoms with Crippen molar-refractivity contribution < 1.29 is 9.53 Å². The molecule has 0 aliphatic carbocycles. The van der Waals surface area contributed by atoms with Gasteiger partial charge >= 0.3 is 0 Å². The SMILES string of the molecule is CCC1CCNC(C(=O)N2CCC(COC)C2)C1. The fourth-order valence-electron chi connectivity index (χ4n) is 3.18. The van der Waals surface area contributed by atoms with E-state index in [2.05, 4.69) is 12.2 Å². The molecule has 4 nitrogen and oxygen atoms in total. The number of piperidine rings is 1. The lowest BCUT2D eigenvalue weighted by Crippen LogP contribution is -2.49. The van der Waals surface area contributed by atoms with Crippen LogP contribution in [-0.2, 0) is 9.53 Å². The molecule has 3 unspecified atom stereocenters. The van der Waals surface area contributed by atoms with Gasteiger partial charge in [-0.25, -0.2) is 0 Å². The molecule has 0 aromatic heterocycles. The highest BCUT2D eigenvalue weighted by Crippen LogP contribution is 2.23.